The maximum Gasteiger partial charge on any atom is 0.179 e. The molecule has 5 heteroatoms. The number of nitrogens with zero attached hydrogens (tertiary/aromatic N) is 2. The third kappa shape index (κ3) is 3.40. The zero-order valence-corrected chi connectivity index (χ0v) is 18.8. The van der Waals surface area contributed by atoms with Crippen LogP contribution in [0.4, 0.5) is 0 Å². The van der Waals surface area contributed by atoms with Crippen molar-refractivity contribution in [1.29, 1.82) is 0 Å². The Morgan fingerprint density at radius 3 is 2.74 bits per heavy atom. The van der Waals surface area contributed by atoms with Crippen LogP contribution in [0.2, 0.25) is 5.02 Å². The monoisotopic (exact) mass is 432 g/mol. The molecule has 0 N–H and O–H groups in total. The summed E-state index contributed by atoms with van der Waals surface area (Å²) in [6.45, 7) is 4.34. The molecule has 0 unspecified atom stereocenters. The van der Waals surface area contributed by atoms with Gasteiger partial charge in [-0.05, 0) is 60.5 Å². The SMILES string of the molecule is CCOc1c(Cl)cc(-c2nc3ccc4ccccc4c3c3c2CN(C)CC3)cc1OC. The van der Waals surface area contributed by atoms with Crippen LogP contribution in [0.3, 0.4) is 0 Å². The minimum atomic E-state index is 0.525. The second kappa shape index (κ2) is 8.03. The number of ether oxygens (including phenoxy) is 2. The van der Waals surface area contributed by atoms with E-state index in [-0.39, 0.29) is 0 Å². The zero-order chi connectivity index (χ0) is 21.5. The van der Waals surface area contributed by atoms with E-state index in [1.54, 1.807) is 7.11 Å². The lowest BCUT2D eigenvalue weighted by Gasteiger charge is -2.28. The number of likely N-dealkylation sites (N-methyl/N-ethyl adjacent to an activating group) is 1. The highest BCUT2D eigenvalue weighted by Gasteiger charge is 2.24. The summed E-state index contributed by atoms with van der Waals surface area (Å²) in [6, 6.07) is 16.8. The Labute approximate surface area is 187 Å². The van der Waals surface area contributed by atoms with Gasteiger partial charge in [-0.2, -0.15) is 0 Å². The van der Waals surface area contributed by atoms with Crippen molar-refractivity contribution in [2.24, 2.45) is 0 Å². The summed E-state index contributed by atoms with van der Waals surface area (Å²) < 4.78 is 11.3. The first-order valence-electron chi connectivity index (χ1n) is 10.6. The predicted molar refractivity (Wildman–Crippen MR) is 127 cm³/mol. The average molecular weight is 433 g/mol. The molecule has 0 atom stereocenters. The van der Waals surface area contributed by atoms with Gasteiger partial charge in [-0.25, -0.2) is 4.98 Å². The zero-order valence-electron chi connectivity index (χ0n) is 18.0. The van der Waals surface area contributed by atoms with Gasteiger partial charge >= 0.3 is 0 Å². The summed E-state index contributed by atoms with van der Waals surface area (Å²) in [7, 11) is 3.80. The van der Waals surface area contributed by atoms with E-state index in [9.17, 15) is 0 Å². The Hall–Kier alpha value is -2.82. The van der Waals surface area contributed by atoms with Gasteiger partial charge in [0, 0.05) is 24.0 Å². The first-order valence-corrected chi connectivity index (χ1v) is 11.0. The molecule has 0 aliphatic carbocycles. The summed E-state index contributed by atoms with van der Waals surface area (Å²) in [5.41, 5.74) is 5.58. The predicted octanol–water partition coefficient (Wildman–Crippen LogP) is 6.10. The van der Waals surface area contributed by atoms with E-state index < -0.39 is 0 Å². The highest BCUT2D eigenvalue weighted by Crippen LogP contribution is 2.42. The van der Waals surface area contributed by atoms with Crippen molar-refractivity contribution < 1.29 is 9.47 Å². The molecule has 2 heterocycles. The smallest absolute Gasteiger partial charge is 0.179 e. The van der Waals surface area contributed by atoms with Gasteiger partial charge in [-0.3, -0.25) is 0 Å². The number of benzene rings is 3. The fourth-order valence-corrected chi connectivity index (χ4v) is 4.89. The molecule has 0 fully saturated rings. The molecule has 0 bridgehead atoms. The van der Waals surface area contributed by atoms with E-state index in [0.29, 0.717) is 23.1 Å². The molecule has 158 valence electrons. The first-order chi connectivity index (χ1) is 15.1. The number of hydrogen-bond donors (Lipinski definition) is 0. The van der Waals surface area contributed by atoms with Crippen molar-refractivity contribution in [1.82, 2.24) is 9.88 Å². The van der Waals surface area contributed by atoms with Gasteiger partial charge < -0.3 is 14.4 Å². The molecule has 1 aliphatic heterocycles. The van der Waals surface area contributed by atoms with E-state index in [0.717, 1.165) is 36.3 Å². The lowest BCUT2D eigenvalue weighted by molar-refractivity contribution is 0.311. The second-order valence-electron chi connectivity index (χ2n) is 8.01. The molecule has 0 saturated carbocycles. The van der Waals surface area contributed by atoms with Crippen molar-refractivity contribution in [2.75, 3.05) is 27.3 Å². The molecule has 3 aromatic carbocycles. The summed E-state index contributed by atoms with van der Waals surface area (Å²) in [5.74, 6) is 1.20. The van der Waals surface area contributed by atoms with Crippen LogP contribution in [0.5, 0.6) is 11.5 Å². The quantitative estimate of drug-likeness (QED) is 0.365. The van der Waals surface area contributed by atoms with Gasteiger partial charge in [0.25, 0.3) is 0 Å². The molecule has 0 saturated heterocycles. The van der Waals surface area contributed by atoms with E-state index in [4.69, 9.17) is 26.1 Å². The van der Waals surface area contributed by atoms with Crippen LogP contribution < -0.4 is 9.47 Å². The van der Waals surface area contributed by atoms with Crippen LogP contribution in [0.25, 0.3) is 32.9 Å². The number of fused-ring (bicyclic) bond motifs is 5. The molecule has 4 aromatic rings. The highest BCUT2D eigenvalue weighted by molar-refractivity contribution is 6.32. The Bertz CT molecular complexity index is 1300. The van der Waals surface area contributed by atoms with Gasteiger partial charge in [0.1, 0.15) is 0 Å². The van der Waals surface area contributed by atoms with Crippen molar-refractivity contribution in [2.45, 2.75) is 19.9 Å². The summed E-state index contributed by atoms with van der Waals surface area (Å²) in [5, 5.41) is 4.32. The lowest BCUT2D eigenvalue weighted by atomic mass is 9.89. The summed E-state index contributed by atoms with van der Waals surface area (Å²) >= 11 is 6.61. The van der Waals surface area contributed by atoms with Crippen LogP contribution in [-0.4, -0.2) is 37.2 Å². The molecule has 5 rings (SSSR count). The van der Waals surface area contributed by atoms with Crippen LogP contribution in [0.15, 0.2) is 48.5 Å². The van der Waals surface area contributed by atoms with E-state index in [1.807, 2.05) is 19.1 Å². The molecule has 1 aliphatic rings. The van der Waals surface area contributed by atoms with E-state index in [2.05, 4.69) is 48.3 Å². The number of rotatable bonds is 4. The van der Waals surface area contributed by atoms with Gasteiger partial charge in [0.05, 0.1) is 29.9 Å². The van der Waals surface area contributed by atoms with E-state index in [1.165, 1.54) is 27.3 Å². The summed E-state index contributed by atoms with van der Waals surface area (Å²) in [4.78, 5) is 7.50. The topological polar surface area (TPSA) is 34.6 Å². The van der Waals surface area contributed by atoms with Gasteiger partial charge in [0.15, 0.2) is 11.5 Å². The van der Waals surface area contributed by atoms with Crippen LogP contribution >= 0.6 is 11.6 Å². The van der Waals surface area contributed by atoms with Crippen molar-refractivity contribution in [3.63, 3.8) is 0 Å². The Morgan fingerprint density at radius 2 is 1.94 bits per heavy atom. The number of aromatic nitrogens is 1. The number of halogens is 1. The fraction of sp³-hybridized carbons (Fsp3) is 0.269. The van der Waals surface area contributed by atoms with Crippen molar-refractivity contribution >= 4 is 33.3 Å². The maximum atomic E-state index is 6.61. The third-order valence-electron chi connectivity index (χ3n) is 6.05. The molecule has 0 amide bonds. The second-order valence-corrected chi connectivity index (χ2v) is 8.42. The van der Waals surface area contributed by atoms with Gasteiger partial charge in [0.2, 0.25) is 0 Å². The minimum absolute atomic E-state index is 0.525. The molecule has 0 radical (unpaired) electrons. The van der Waals surface area contributed by atoms with Crippen molar-refractivity contribution in [3.05, 3.63) is 64.7 Å². The maximum absolute atomic E-state index is 6.61. The summed E-state index contributed by atoms with van der Waals surface area (Å²) in [6.07, 6.45) is 0.994. The number of pyridine rings is 1. The molecule has 31 heavy (non-hydrogen) atoms. The third-order valence-corrected chi connectivity index (χ3v) is 6.34. The van der Waals surface area contributed by atoms with Crippen molar-refractivity contribution in [3.8, 4) is 22.8 Å². The normalized spacial score (nSPS) is 14.1. The van der Waals surface area contributed by atoms with Crippen LogP contribution in [-0.2, 0) is 13.0 Å². The Kier molecular flexibility index (Phi) is 5.20. The average Bonchev–Trinajstić information content (AvgIpc) is 2.79. The van der Waals surface area contributed by atoms with Crippen LogP contribution in [0.1, 0.15) is 18.1 Å². The molecular formula is C26H25ClN2O2. The standard InChI is InChI=1S/C26H25ClN2O2/c1-4-31-26-21(27)13-17(14-23(26)30-3)25-20-15-29(2)12-11-19(20)24-18-8-6-5-7-16(18)9-10-22(24)28-25/h5-10,13-14H,4,11-12,15H2,1-3H3. The number of methoxy groups -OCH3 is 1. The largest absolute Gasteiger partial charge is 0.493 e. The molecule has 4 nitrogen and oxygen atoms in total. The first kappa shape index (κ1) is 20.1. The minimum Gasteiger partial charge on any atom is -0.493 e. The highest BCUT2D eigenvalue weighted by atomic mass is 35.5. The Morgan fingerprint density at radius 1 is 1.10 bits per heavy atom. The van der Waals surface area contributed by atoms with E-state index >= 15 is 0 Å². The van der Waals surface area contributed by atoms with Gasteiger partial charge in [-0.1, -0.05) is 41.9 Å². The lowest BCUT2D eigenvalue weighted by Crippen LogP contribution is -2.27. The molecular weight excluding hydrogens is 408 g/mol. The van der Waals surface area contributed by atoms with Gasteiger partial charge in [-0.15, -0.1) is 0 Å². The molecule has 1 aromatic heterocycles. The fourth-order valence-electron chi connectivity index (χ4n) is 4.63. The van der Waals surface area contributed by atoms with Crippen LogP contribution in [0, 0.1) is 0 Å². The molecule has 0 spiro atoms. The number of hydrogen-bond acceptors (Lipinski definition) is 4. The Balaban J connectivity index is 1.81.